The van der Waals surface area contributed by atoms with Gasteiger partial charge in [-0.25, -0.2) is 0 Å². The van der Waals surface area contributed by atoms with Gasteiger partial charge in [-0.3, -0.25) is 19.1 Å². The van der Waals surface area contributed by atoms with Crippen molar-refractivity contribution in [1.29, 1.82) is 0 Å². The molecule has 2 fully saturated rings. The first-order chi connectivity index (χ1) is 16.5. The first-order valence-corrected chi connectivity index (χ1v) is 12.5. The number of hydrogen-bond donors (Lipinski definition) is 0. The van der Waals surface area contributed by atoms with E-state index in [4.69, 9.17) is 4.74 Å². The molecule has 1 aliphatic heterocycles. The zero-order valence-electron chi connectivity index (χ0n) is 22.2. The molecule has 9 heteroatoms. The minimum atomic E-state index is -4.58. The van der Waals surface area contributed by atoms with E-state index >= 15 is 0 Å². The van der Waals surface area contributed by atoms with E-state index < -0.39 is 17.6 Å². The van der Waals surface area contributed by atoms with Gasteiger partial charge in [-0.15, -0.1) is 0 Å². The van der Waals surface area contributed by atoms with Crippen molar-refractivity contribution in [2.45, 2.75) is 84.2 Å². The number of ether oxygens (including phenoxy) is 1. The molecule has 36 heavy (non-hydrogen) atoms. The SMILES string of the molecule is Cn1c(C(C)(C)C)c/c(=N\C(=O)c2cc(C(F)(F)F)ccc2OC2CN(C(C)(C)C)C2)n1CC1CC1. The molecule has 6 nitrogen and oxygen atoms in total. The van der Waals surface area contributed by atoms with Gasteiger partial charge in [0, 0.05) is 49.4 Å². The molecular weight excluding hydrogens is 469 g/mol. The van der Waals surface area contributed by atoms with Crippen molar-refractivity contribution in [2.24, 2.45) is 18.0 Å². The molecule has 0 N–H and O–H groups in total. The number of carbonyl (C=O) groups is 1. The molecule has 2 heterocycles. The van der Waals surface area contributed by atoms with Gasteiger partial charge in [-0.1, -0.05) is 20.8 Å². The van der Waals surface area contributed by atoms with Crippen LogP contribution in [0.25, 0.3) is 0 Å². The molecule has 1 saturated heterocycles. The number of likely N-dealkylation sites (tertiary alicyclic amines) is 1. The molecule has 0 radical (unpaired) electrons. The molecule has 1 aromatic carbocycles. The lowest BCUT2D eigenvalue weighted by Gasteiger charge is -2.47. The van der Waals surface area contributed by atoms with E-state index in [1.54, 1.807) is 0 Å². The largest absolute Gasteiger partial charge is 0.487 e. The minimum absolute atomic E-state index is 0.0266. The third-order valence-corrected chi connectivity index (χ3v) is 6.98. The second-order valence-electron chi connectivity index (χ2n) is 12.1. The Morgan fingerprint density at radius 3 is 2.22 bits per heavy atom. The van der Waals surface area contributed by atoms with Crippen LogP contribution in [0.15, 0.2) is 29.3 Å². The van der Waals surface area contributed by atoms with Crippen LogP contribution in [0, 0.1) is 5.92 Å². The van der Waals surface area contributed by atoms with Crippen LogP contribution in [0.3, 0.4) is 0 Å². The molecular formula is C27H37F3N4O2. The Bertz CT molecular complexity index is 1200. The van der Waals surface area contributed by atoms with Crippen molar-refractivity contribution in [3.8, 4) is 5.75 Å². The molecule has 0 atom stereocenters. The first-order valence-electron chi connectivity index (χ1n) is 12.5. The van der Waals surface area contributed by atoms with Gasteiger partial charge in [0.15, 0.2) is 5.49 Å². The van der Waals surface area contributed by atoms with Gasteiger partial charge >= 0.3 is 6.18 Å². The van der Waals surface area contributed by atoms with E-state index in [0.717, 1.165) is 37.2 Å². The highest BCUT2D eigenvalue weighted by Gasteiger charge is 2.37. The zero-order valence-corrected chi connectivity index (χ0v) is 22.2. The predicted molar refractivity (Wildman–Crippen MR) is 132 cm³/mol. The number of nitrogens with zero attached hydrogens (tertiary/aromatic N) is 4. The summed E-state index contributed by atoms with van der Waals surface area (Å²) >= 11 is 0. The summed E-state index contributed by atoms with van der Waals surface area (Å²) in [6.45, 7) is 14.5. The molecule has 1 aliphatic carbocycles. The van der Waals surface area contributed by atoms with Crippen molar-refractivity contribution in [2.75, 3.05) is 13.1 Å². The fourth-order valence-corrected chi connectivity index (χ4v) is 4.51. The third kappa shape index (κ3) is 5.71. The number of halogens is 3. The summed E-state index contributed by atoms with van der Waals surface area (Å²) in [5.74, 6) is -0.0768. The summed E-state index contributed by atoms with van der Waals surface area (Å²) < 4.78 is 50.5. The Hall–Kier alpha value is -2.55. The van der Waals surface area contributed by atoms with Gasteiger partial charge in [-0.05, 0) is 57.7 Å². The van der Waals surface area contributed by atoms with Crippen molar-refractivity contribution < 1.29 is 22.7 Å². The summed E-state index contributed by atoms with van der Waals surface area (Å²) in [5, 5.41) is 0. The lowest BCUT2D eigenvalue weighted by atomic mass is 9.92. The lowest BCUT2D eigenvalue weighted by Crippen LogP contribution is -2.60. The average molecular weight is 507 g/mol. The van der Waals surface area contributed by atoms with Crippen molar-refractivity contribution >= 4 is 5.91 Å². The van der Waals surface area contributed by atoms with Crippen LogP contribution in [0.2, 0.25) is 0 Å². The Morgan fingerprint density at radius 1 is 1.06 bits per heavy atom. The van der Waals surface area contributed by atoms with Crippen LogP contribution in [0.4, 0.5) is 13.2 Å². The average Bonchev–Trinajstić information content (AvgIpc) is 3.47. The molecule has 0 unspecified atom stereocenters. The molecule has 4 rings (SSSR count). The lowest BCUT2D eigenvalue weighted by molar-refractivity contribution is -0.137. The smallest absolute Gasteiger partial charge is 0.416 e. The molecule has 0 bridgehead atoms. The molecule has 1 aromatic heterocycles. The highest BCUT2D eigenvalue weighted by atomic mass is 19.4. The van der Waals surface area contributed by atoms with Crippen LogP contribution >= 0.6 is 0 Å². The van der Waals surface area contributed by atoms with Gasteiger partial charge in [0.2, 0.25) is 0 Å². The molecule has 0 spiro atoms. The highest BCUT2D eigenvalue weighted by Crippen LogP contribution is 2.35. The van der Waals surface area contributed by atoms with E-state index in [1.807, 2.05) is 22.5 Å². The Morgan fingerprint density at radius 2 is 1.69 bits per heavy atom. The first kappa shape index (κ1) is 26.5. The number of amides is 1. The van der Waals surface area contributed by atoms with Crippen molar-refractivity contribution in [3.63, 3.8) is 0 Å². The van der Waals surface area contributed by atoms with Gasteiger partial charge < -0.3 is 4.74 Å². The standard InChI is InChI=1S/C27H37F3N4O2/c1-25(2,3)22-13-23(34(32(22)7)14-17-8-9-17)31-24(35)20-12-18(27(28,29)30)10-11-21(20)36-19-15-33(16-19)26(4,5)6/h10-13,17,19H,8-9,14-16H2,1-7H3/b31-23+. The van der Waals surface area contributed by atoms with Crippen LogP contribution in [-0.4, -0.2) is 44.9 Å². The van der Waals surface area contributed by atoms with Gasteiger partial charge in [0.05, 0.1) is 11.1 Å². The van der Waals surface area contributed by atoms with E-state index in [-0.39, 0.29) is 28.4 Å². The maximum atomic E-state index is 13.5. The van der Waals surface area contributed by atoms with Gasteiger partial charge in [0.1, 0.15) is 11.9 Å². The van der Waals surface area contributed by atoms with Crippen LogP contribution in [0.5, 0.6) is 5.75 Å². The van der Waals surface area contributed by atoms with E-state index in [9.17, 15) is 18.0 Å². The summed E-state index contributed by atoms with van der Waals surface area (Å²) in [5.41, 5.74) is 0.161. The summed E-state index contributed by atoms with van der Waals surface area (Å²) in [6.07, 6.45) is -2.54. The minimum Gasteiger partial charge on any atom is -0.487 e. The van der Waals surface area contributed by atoms with Crippen molar-refractivity contribution in [3.05, 3.63) is 46.6 Å². The normalized spacial score (nSPS) is 18.4. The fourth-order valence-electron chi connectivity index (χ4n) is 4.51. The van der Waals surface area contributed by atoms with Gasteiger partial charge in [0.25, 0.3) is 5.91 Å². The van der Waals surface area contributed by atoms with E-state index in [0.29, 0.717) is 24.5 Å². The molecule has 2 aliphatic rings. The van der Waals surface area contributed by atoms with Crippen LogP contribution in [-0.2, 0) is 25.2 Å². The Balaban J connectivity index is 1.71. The second kappa shape index (κ2) is 9.08. The number of hydrogen-bond acceptors (Lipinski definition) is 3. The Labute approximate surface area is 210 Å². The monoisotopic (exact) mass is 506 g/mol. The maximum absolute atomic E-state index is 13.5. The third-order valence-electron chi connectivity index (χ3n) is 6.98. The number of rotatable bonds is 5. The van der Waals surface area contributed by atoms with E-state index in [1.165, 1.54) is 6.07 Å². The van der Waals surface area contributed by atoms with Gasteiger partial charge in [-0.2, -0.15) is 18.2 Å². The number of carbonyl (C=O) groups excluding carboxylic acids is 1. The number of benzene rings is 1. The van der Waals surface area contributed by atoms with Crippen molar-refractivity contribution in [1.82, 2.24) is 14.3 Å². The zero-order chi connectivity index (χ0) is 26.6. The summed E-state index contributed by atoms with van der Waals surface area (Å²) in [4.78, 5) is 20.0. The summed E-state index contributed by atoms with van der Waals surface area (Å²) in [7, 11) is 1.93. The quantitative estimate of drug-likeness (QED) is 0.563. The van der Waals surface area contributed by atoms with Crippen LogP contribution in [0.1, 0.15) is 76.0 Å². The molecule has 2 aromatic rings. The predicted octanol–water partition coefficient (Wildman–Crippen LogP) is 5.16. The fraction of sp³-hybridized carbons (Fsp3) is 0.630. The highest BCUT2D eigenvalue weighted by molar-refractivity contribution is 5.97. The molecule has 1 amide bonds. The van der Waals surface area contributed by atoms with E-state index in [2.05, 4.69) is 51.4 Å². The molecule has 198 valence electrons. The maximum Gasteiger partial charge on any atom is 0.416 e. The second-order valence-corrected chi connectivity index (χ2v) is 12.1. The van der Waals surface area contributed by atoms with Crippen LogP contribution < -0.4 is 10.2 Å². The summed E-state index contributed by atoms with van der Waals surface area (Å²) in [6, 6.07) is 4.93. The Kier molecular flexibility index (Phi) is 6.69. The number of alkyl halides is 3. The topological polar surface area (TPSA) is 51.8 Å². The molecule has 1 saturated carbocycles. The number of aromatic nitrogens is 2.